The summed E-state index contributed by atoms with van der Waals surface area (Å²) in [6.45, 7) is 0. The van der Waals surface area contributed by atoms with Crippen molar-refractivity contribution in [3.8, 4) is 0 Å². The van der Waals surface area contributed by atoms with Crippen molar-refractivity contribution in [2.75, 3.05) is 0 Å². The lowest BCUT2D eigenvalue weighted by Gasteiger charge is -2.41. The Bertz CT molecular complexity index is 418. The van der Waals surface area contributed by atoms with Gasteiger partial charge in [0, 0.05) is 4.48 Å². The molecule has 0 heterocycles. The Morgan fingerprint density at radius 3 is 2.18 bits per heavy atom. The molecule has 1 aromatic carbocycles. The van der Waals surface area contributed by atoms with E-state index in [9.17, 15) is 0 Å². The number of benzene rings is 1. The van der Waals surface area contributed by atoms with Crippen LogP contribution in [0.1, 0.15) is 44.1 Å². The summed E-state index contributed by atoms with van der Waals surface area (Å²) in [5, 5.41) is 0. The van der Waals surface area contributed by atoms with E-state index in [2.05, 4.69) is 46.3 Å². The molecule has 1 fully saturated rings. The van der Waals surface area contributed by atoms with Gasteiger partial charge in [0.1, 0.15) is 0 Å². The van der Waals surface area contributed by atoms with Crippen LogP contribution in [0.4, 0.5) is 0 Å². The SMILES string of the molecule is BrC1=C(c2ccccc2)C2CCCCCCC12. The average molecular weight is 291 g/mol. The van der Waals surface area contributed by atoms with Gasteiger partial charge in [0.05, 0.1) is 0 Å². The number of halogens is 1. The molecule has 0 nitrogen and oxygen atoms in total. The minimum Gasteiger partial charge on any atom is -0.0622 e. The summed E-state index contributed by atoms with van der Waals surface area (Å²) < 4.78 is 1.50. The van der Waals surface area contributed by atoms with Crippen LogP contribution >= 0.6 is 15.9 Å². The number of rotatable bonds is 1. The van der Waals surface area contributed by atoms with Gasteiger partial charge in [-0.3, -0.25) is 0 Å². The fourth-order valence-corrected chi connectivity index (χ4v) is 4.45. The standard InChI is InChI=1S/C16H19Br/c17-16-14-11-7-2-1-6-10-13(14)15(16)12-8-4-3-5-9-12/h3-5,8-9,13-14H,1-2,6-7,10-11H2. The van der Waals surface area contributed by atoms with Gasteiger partial charge in [0.15, 0.2) is 0 Å². The van der Waals surface area contributed by atoms with Crippen molar-refractivity contribution in [1.82, 2.24) is 0 Å². The lowest BCUT2D eigenvalue weighted by atomic mass is 9.66. The topological polar surface area (TPSA) is 0 Å². The third kappa shape index (κ3) is 2.10. The van der Waals surface area contributed by atoms with Gasteiger partial charge >= 0.3 is 0 Å². The van der Waals surface area contributed by atoms with E-state index in [-0.39, 0.29) is 0 Å². The van der Waals surface area contributed by atoms with E-state index in [1.165, 1.54) is 48.6 Å². The summed E-state index contributed by atoms with van der Waals surface area (Å²) >= 11 is 3.84. The molecule has 1 saturated carbocycles. The molecule has 0 bridgehead atoms. The van der Waals surface area contributed by atoms with Gasteiger partial charge in [0.25, 0.3) is 0 Å². The van der Waals surface area contributed by atoms with Gasteiger partial charge in [-0.1, -0.05) is 71.9 Å². The molecule has 1 heteroatoms. The number of hydrogen-bond acceptors (Lipinski definition) is 0. The third-order valence-electron chi connectivity index (χ3n) is 4.30. The molecular weight excluding hydrogens is 272 g/mol. The van der Waals surface area contributed by atoms with Crippen LogP contribution in [0, 0.1) is 11.8 Å². The Balaban J connectivity index is 1.89. The molecule has 3 rings (SSSR count). The zero-order valence-corrected chi connectivity index (χ0v) is 11.7. The Hall–Kier alpha value is -0.560. The Labute approximate surface area is 112 Å². The fraction of sp³-hybridized carbons (Fsp3) is 0.500. The normalized spacial score (nSPS) is 29.0. The molecule has 17 heavy (non-hydrogen) atoms. The first-order valence-corrected chi connectivity index (χ1v) is 7.62. The molecule has 0 N–H and O–H groups in total. The first kappa shape index (κ1) is 11.5. The van der Waals surface area contributed by atoms with Crippen LogP contribution in [-0.2, 0) is 0 Å². The number of fused-ring (bicyclic) bond motifs is 1. The number of allylic oxidation sites excluding steroid dienone is 2. The summed E-state index contributed by atoms with van der Waals surface area (Å²) in [5.74, 6) is 1.65. The van der Waals surface area contributed by atoms with Crippen LogP contribution in [0.3, 0.4) is 0 Å². The maximum absolute atomic E-state index is 3.84. The van der Waals surface area contributed by atoms with Crippen molar-refractivity contribution in [3.05, 3.63) is 40.4 Å². The molecule has 0 saturated heterocycles. The molecule has 2 aliphatic carbocycles. The van der Waals surface area contributed by atoms with Gasteiger partial charge in [-0.05, 0) is 35.8 Å². The van der Waals surface area contributed by atoms with Crippen LogP contribution in [0.25, 0.3) is 5.57 Å². The Kier molecular flexibility index (Phi) is 3.37. The van der Waals surface area contributed by atoms with E-state index >= 15 is 0 Å². The van der Waals surface area contributed by atoms with Crippen molar-refractivity contribution in [1.29, 1.82) is 0 Å². The molecule has 0 aromatic heterocycles. The van der Waals surface area contributed by atoms with E-state index in [4.69, 9.17) is 0 Å². The third-order valence-corrected chi connectivity index (χ3v) is 5.32. The second-order valence-corrected chi connectivity index (χ2v) is 6.19. The summed E-state index contributed by atoms with van der Waals surface area (Å²) in [7, 11) is 0. The van der Waals surface area contributed by atoms with Gasteiger partial charge in [-0.25, -0.2) is 0 Å². The quantitative estimate of drug-likeness (QED) is 0.650. The number of hydrogen-bond donors (Lipinski definition) is 0. The minimum atomic E-state index is 0.825. The van der Waals surface area contributed by atoms with Crippen molar-refractivity contribution in [2.24, 2.45) is 11.8 Å². The first-order chi connectivity index (χ1) is 8.38. The second-order valence-electron chi connectivity index (χ2n) is 5.33. The highest BCUT2D eigenvalue weighted by molar-refractivity contribution is 9.11. The molecule has 0 radical (unpaired) electrons. The van der Waals surface area contributed by atoms with E-state index < -0.39 is 0 Å². The first-order valence-electron chi connectivity index (χ1n) is 6.83. The highest BCUT2D eigenvalue weighted by atomic mass is 79.9. The van der Waals surface area contributed by atoms with Crippen LogP contribution in [-0.4, -0.2) is 0 Å². The highest BCUT2D eigenvalue weighted by Gasteiger charge is 2.39. The summed E-state index contributed by atoms with van der Waals surface area (Å²) in [6, 6.07) is 10.9. The van der Waals surface area contributed by atoms with Crippen LogP contribution in [0.2, 0.25) is 0 Å². The predicted octanol–water partition coefficient (Wildman–Crippen LogP) is 5.39. The zero-order chi connectivity index (χ0) is 11.7. The molecule has 2 unspecified atom stereocenters. The average Bonchev–Trinajstić information content (AvgIpc) is 2.34. The summed E-state index contributed by atoms with van der Waals surface area (Å²) in [6.07, 6.45) is 8.48. The van der Waals surface area contributed by atoms with E-state index in [0.29, 0.717) is 0 Å². The minimum absolute atomic E-state index is 0.825. The van der Waals surface area contributed by atoms with E-state index in [1.54, 1.807) is 5.57 Å². The molecule has 0 aliphatic heterocycles. The maximum atomic E-state index is 3.84. The maximum Gasteiger partial charge on any atom is 0.00287 e. The van der Waals surface area contributed by atoms with Crippen LogP contribution in [0.5, 0.6) is 0 Å². The van der Waals surface area contributed by atoms with Gasteiger partial charge in [0.2, 0.25) is 0 Å². The fourth-order valence-electron chi connectivity index (χ4n) is 3.38. The van der Waals surface area contributed by atoms with Gasteiger partial charge < -0.3 is 0 Å². The monoisotopic (exact) mass is 290 g/mol. The van der Waals surface area contributed by atoms with E-state index in [1.807, 2.05) is 0 Å². The summed E-state index contributed by atoms with van der Waals surface area (Å²) in [5.41, 5.74) is 3.03. The molecule has 90 valence electrons. The zero-order valence-electron chi connectivity index (χ0n) is 10.2. The lowest BCUT2D eigenvalue weighted by Crippen LogP contribution is -2.28. The largest absolute Gasteiger partial charge is 0.0622 e. The summed E-state index contributed by atoms with van der Waals surface area (Å²) in [4.78, 5) is 0. The molecule has 2 aliphatic rings. The van der Waals surface area contributed by atoms with Crippen molar-refractivity contribution >= 4 is 21.5 Å². The smallest absolute Gasteiger partial charge is 0.00287 e. The van der Waals surface area contributed by atoms with Gasteiger partial charge in [-0.15, -0.1) is 0 Å². The van der Waals surface area contributed by atoms with Crippen molar-refractivity contribution in [2.45, 2.75) is 38.5 Å². The van der Waals surface area contributed by atoms with Crippen molar-refractivity contribution < 1.29 is 0 Å². The lowest BCUT2D eigenvalue weighted by molar-refractivity contribution is 0.337. The van der Waals surface area contributed by atoms with Gasteiger partial charge in [-0.2, -0.15) is 0 Å². The van der Waals surface area contributed by atoms with Crippen LogP contribution < -0.4 is 0 Å². The molecular formula is C16H19Br. The molecule has 0 spiro atoms. The molecule has 1 aromatic rings. The Morgan fingerprint density at radius 1 is 0.824 bits per heavy atom. The molecule has 0 amide bonds. The predicted molar refractivity (Wildman–Crippen MR) is 77.0 cm³/mol. The second kappa shape index (κ2) is 4.97. The highest BCUT2D eigenvalue weighted by Crippen LogP contribution is 2.54. The van der Waals surface area contributed by atoms with Crippen LogP contribution in [0.15, 0.2) is 34.8 Å². The van der Waals surface area contributed by atoms with Crippen molar-refractivity contribution in [3.63, 3.8) is 0 Å². The Morgan fingerprint density at radius 2 is 1.47 bits per heavy atom. The molecule has 2 atom stereocenters. The van der Waals surface area contributed by atoms with E-state index in [0.717, 1.165) is 11.8 Å².